The minimum Gasteiger partial charge on any atom is -0.497 e. The summed E-state index contributed by atoms with van der Waals surface area (Å²) < 4.78 is 12.9. The first kappa shape index (κ1) is 18.8. The van der Waals surface area contributed by atoms with Gasteiger partial charge in [-0.2, -0.15) is 0 Å². The molecule has 2 aromatic carbocycles. The second kappa shape index (κ2) is 8.67. The highest BCUT2D eigenvalue weighted by Gasteiger charge is 2.18. The van der Waals surface area contributed by atoms with Crippen LogP contribution in [0.15, 0.2) is 53.7 Å². The third-order valence-electron chi connectivity index (χ3n) is 4.74. The summed E-state index contributed by atoms with van der Waals surface area (Å²) in [6.45, 7) is 1.37. The monoisotopic (exact) mass is 397 g/mol. The lowest BCUT2D eigenvalue weighted by Crippen LogP contribution is -2.32. The van der Waals surface area contributed by atoms with Crippen molar-refractivity contribution in [2.45, 2.75) is 24.1 Å². The van der Waals surface area contributed by atoms with Crippen LogP contribution >= 0.6 is 11.8 Å². The van der Waals surface area contributed by atoms with Gasteiger partial charge in [0.2, 0.25) is 5.91 Å². The van der Waals surface area contributed by atoms with E-state index in [4.69, 9.17) is 14.5 Å². The van der Waals surface area contributed by atoms with Gasteiger partial charge in [-0.1, -0.05) is 23.9 Å². The normalized spacial score (nSPS) is 16.4. The highest BCUT2D eigenvalue weighted by molar-refractivity contribution is 7.99. The van der Waals surface area contributed by atoms with Crippen LogP contribution in [0.1, 0.15) is 12.8 Å². The van der Waals surface area contributed by atoms with E-state index in [1.165, 1.54) is 11.8 Å². The molecule has 0 bridgehead atoms. The number of hydrogen-bond donors (Lipinski definition) is 1. The smallest absolute Gasteiger partial charge is 0.230 e. The molecule has 1 atom stereocenters. The predicted molar refractivity (Wildman–Crippen MR) is 110 cm³/mol. The van der Waals surface area contributed by atoms with Crippen LogP contribution < -0.4 is 10.1 Å². The molecule has 28 heavy (non-hydrogen) atoms. The molecule has 1 aromatic heterocycles. The molecule has 7 heteroatoms. The molecule has 146 valence electrons. The number of amides is 1. The van der Waals surface area contributed by atoms with Crippen LogP contribution in [0.4, 0.5) is 0 Å². The largest absolute Gasteiger partial charge is 0.497 e. The zero-order valence-electron chi connectivity index (χ0n) is 15.8. The average molecular weight is 398 g/mol. The lowest BCUT2D eigenvalue weighted by molar-refractivity contribution is -0.119. The molecule has 2 heterocycles. The van der Waals surface area contributed by atoms with Gasteiger partial charge >= 0.3 is 0 Å². The summed E-state index contributed by atoms with van der Waals surface area (Å²) in [6.07, 6.45) is 2.24. The standard InChI is InChI=1S/C21H23N3O3S/c1-26-16-10-8-15(9-11-16)24-19-7-3-2-6-18(19)23-21(24)28-14-20(25)22-13-17-5-4-12-27-17/h2-3,6-11,17H,4-5,12-14H2,1H3,(H,22,25)/t17-/m1/s1. The topological polar surface area (TPSA) is 65.4 Å². The Labute approximate surface area is 168 Å². The lowest BCUT2D eigenvalue weighted by atomic mass is 10.2. The number of ether oxygens (including phenoxy) is 2. The Morgan fingerprint density at radius 3 is 2.86 bits per heavy atom. The first-order valence-corrected chi connectivity index (χ1v) is 10.4. The Balaban J connectivity index is 1.51. The molecular weight excluding hydrogens is 374 g/mol. The van der Waals surface area contributed by atoms with Crippen LogP contribution in [0.2, 0.25) is 0 Å². The van der Waals surface area contributed by atoms with E-state index in [2.05, 4.69) is 9.88 Å². The number of rotatable bonds is 7. The van der Waals surface area contributed by atoms with Gasteiger partial charge in [-0.05, 0) is 49.2 Å². The quantitative estimate of drug-likeness (QED) is 0.619. The number of imidazole rings is 1. The molecule has 1 N–H and O–H groups in total. The predicted octanol–water partition coefficient (Wildman–Crippen LogP) is 3.42. The number of methoxy groups -OCH3 is 1. The third-order valence-corrected chi connectivity index (χ3v) is 5.68. The highest BCUT2D eigenvalue weighted by atomic mass is 32.2. The summed E-state index contributed by atoms with van der Waals surface area (Å²) in [5.74, 6) is 1.11. The van der Waals surface area contributed by atoms with Crippen molar-refractivity contribution in [1.29, 1.82) is 0 Å². The maximum absolute atomic E-state index is 12.3. The second-order valence-corrected chi connectivity index (χ2v) is 7.59. The highest BCUT2D eigenvalue weighted by Crippen LogP contribution is 2.28. The van der Waals surface area contributed by atoms with E-state index < -0.39 is 0 Å². The lowest BCUT2D eigenvalue weighted by Gasteiger charge is -2.11. The van der Waals surface area contributed by atoms with Gasteiger partial charge in [-0.15, -0.1) is 0 Å². The van der Waals surface area contributed by atoms with E-state index in [9.17, 15) is 4.79 Å². The van der Waals surface area contributed by atoms with Gasteiger partial charge in [0.1, 0.15) is 5.75 Å². The number of hydrogen-bond acceptors (Lipinski definition) is 5. The van der Waals surface area contributed by atoms with Crippen molar-refractivity contribution in [2.24, 2.45) is 0 Å². The first-order valence-electron chi connectivity index (χ1n) is 9.37. The summed E-state index contributed by atoms with van der Waals surface area (Å²) in [7, 11) is 1.65. The minimum absolute atomic E-state index is 0.00571. The molecule has 4 rings (SSSR count). The summed E-state index contributed by atoms with van der Waals surface area (Å²) in [6, 6.07) is 15.8. The zero-order valence-corrected chi connectivity index (χ0v) is 16.6. The fourth-order valence-electron chi connectivity index (χ4n) is 3.30. The number of aromatic nitrogens is 2. The molecule has 1 amide bonds. The molecule has 0 radical (unpaired) electrons. The molecule has 6 nitrogen and oxygen atoms in total. The molecule has 1 aliphatic heterocycles. The maximum atomic E-state index is 12.3. The number of nitrogens with one attached hydrogen (secondary N) is 1. The molecule has 3 aromatic rings. The van der Waals surface area contributed by atoms with Gasteiger partial charge in [-0.25, -0.2) is 4.98 Å². The van der Waals surface area contributed by atoms with Gasteiger partial charge in [0.05, 0.1) is 30.0 Å². The van der Waals surface area contributed by atoms with E-state index >= 15 is 0 Å². The number of thioether (sulfide) groups is 1. The Morgan fingerprint density at radius 1 is 1.29 bits per heavy atom. The fraction of sp³-hybridized carbons (Fsp3) is 0.333. The Kier molecular flexibility index (Phi) is 5.83. The maximum Gasteiger partial charge on any atom is 0.230 e. The first-order chi connectivity index (χ1) is 13.7. The van der Waals surface area contributed by atoms with Crippen molar-refractivity contribution in [2.75, 3.05) is 26.0 Å². The molecule has 0 saturated carbocycles. The number of carbonyl (C=O) groups excluding carboxylic acids is 1. The van der Waals surface area contributed by atoms with Crippen molar-refractivity contribution < 1.29 is 14.3 Å². The van der Waals surface area contributed by atoms with Gasteiger partial charge in [0.15, 0.2) is 5.16 Å². The Morgan fingerprint density at radius 2 is 2.11 bits per heavy atom. The van der Waals surface area contributed by atoms with E-state index in [1.54, 1.807) is 7.11 Å². The number of fused-ring (bicyclic) bond motifs is 1. The number of nitrogens with zero attached hydrogens (tertiary/aromatic N) is 2. The molecule has 1 fully saturated rings. The summed E-state index contributed by atoms with van der Waals surface area (Å²) >= 11 is 1.44. The van der Waals surface area contributed by atoms with Gasteiger partial charge in [0.25, 0.3) is 0 Å². The van der Waals surface area contributed by atoms with E-state index in [-0.39, 0.29) is 12.0 Å². The minimum atomic E-state index is -0.00571. The number of carbonyl (C=O) groups is 1. The van der Waals surface area contributed by atoms with Crippen molar-refractivity contribution >= 4 is 28.7 Å². The zero-order chi connectivity index (χ0) is 19.3. The van der Waals surface area contributed by atoms with Crippen molar-refractivity contribution in [3.05, 3.63) is 48.5 Å². The van der Waals surface area contributed by atoms with Crippen LogP contribution in [-0.4, -0.2) is 47.6 Å². The van der Waals surface area contributed by atoms with E-state index in [0.29, 0.717) is 12.3 Å². The Hall–Kier alpha value is -2.51. The number of para-hydroxylation sites is 2. The van der Waals surface area contributed by atoms with Crippen LogP contribution in [0, 0.1) is 0 Å². The average Bonchev–Trinajstić information content (AvgIpc) is 3.38. The molecule has 1 aliphatic rings. The van der Waals surface area contributed by atoms with Crippen molar-refractivity contribution in [1.82, 2.24) is 14.9 Å². The van der Waals surface area contributed by atoms with Crippen LogP contribution in [0.5, 0.6) is 5.75 Å². The van der Waals surface area contributed by atoms with Gasteiger partial charge in [-0.3, -0.25) is 9.36 Å². The van der Waals surface area contributed by atoms with Crippen LogP contribution in [0.3, 0.4) is 0 Å². The van der Waals surface area contributed by atoms with Crippen molar-refractivity contribution in [3.8, 4) is 11.4 Å². The van der Waals surface area contributed by atoms with Crippen molar-refractivity contribution in [3.63, 3.8) is 0 Å². The van der Waals surface area contributed by atoms with Gasteiger partial charge < -0.3 is 14.8 Å². The fourth-order valence-corrected chi connectivity index (χ4v) is 4.15. The van der Waals surface area contributed by atoms with E-state index in [1.807, 2.05) is 48.5 Å². The summed E-state index contributed by atoms with van der Waals surface area (Å²) in [5.41, 5.74) is 2.90. The Bertz CT molecular complexity index is 949. The molecule has 1 saturated heterocycles. The van der Waals surface area contributed by atoms with Crippen LogP contribution in [-0.2, 0) is 9.53 Å². The van der Waals surface area contributed by atoms with Crippen LogP contribution in [0.25, 0.3) is 16.7 Å². The molecular formula is C21H23N3O3S. The molecule has 0 aliphatic carbocycles. The van der Waals surface area contributed by atoms with E-state index in [0.717, 1.165) is 47.1 Å². The van der Waals surface area contributed by atoms with Gasteiger partial charge in [0, 0.05) is 18.8 Å². The summed E-state index contributed by atoms with van der Waals surface area (Å²) in [4.78, 5) is 17.0. The third kappa shape index (κ3) is 4.15. The SMILES string of the molecule is COc1ccc(-n2c(SCC(=O)NC[C@H]3CCCO3)nc3ccccc32)cc1. The molecule has 0 unspecified atom stereocenters. The number of benzene rings is 2. The second-order valence-electron chi connectivity index (χ2n) is 6.64. The molecule has 0 spiro atoms. The summed E-state index contributed by atoms with van der Waals surface area (Å²) in [5, 5.41) is 3.75.